The summed E-state index contributed by atoms with van der Waals surface area (Å²) in [6.07, 6.45) is 3.73. The maximum absolute atomic E-state index is 13.3. The second kappa shape index (κ2) is 12.2. The molecule has 1 atom stereocenters. The number of amides is 1. The second-order valence-corrected chi connectivity index (χ2v) is 10.5. The maximum atomic E-state index is 13.3. The molecule has 0 bridgehead atoms. The summed E-state index contributed by atoms with van der Waals surface area (Å²) < 4.78 is 50.9. The molecule has 0 radical (unpaired) electrons. The molecule has 1 unspecified atom stereocenters. The van der Waals surface area contributed by atoms with Gasteiger partial charge in [-0.1, -0.05) is 18.2 Å². The Morgan fingerprint density at radius 1 is 1.12 bits per heavy atom. The number of halogens is 1. The number of ether oxygens (including phenoxy) is 2. The van der Waals surface area contributed by atoms with Crippen LogP contribution in [0.5, 0.6) is 11.5 Å². The lowest BCUT2D eigenvalue weighted by atomic mass is 10.1. The zero-order chi connectivity index (χ0) is 24.6. The van der Waals surface area contributed by atoms with Gasteiger partial charge in [0.2, 0.25) is 15.9 Å². The van der Waals surface area contributed by atoms with E-state index in [2.05, 4.69) is 10.0 Å². The minimum Gasteiger partial charge on any atom is -0.493 e. The predicted molar refractivity (Wildman–Crippen MR) is 129 cm³/mol. The number of rotatable bonds is 14. The number of aryl methyl sites for hydroxylation is 1. The summed E-state index contributed by atoms with van der Waals surface area (Å²) in [5.41, 5.74) is 1.89. The van der Waals surface area contributed by atoms with Gasteiger partial charge in [-0.3, -0.25) is 4.79 Å². The van der Waals surface area contributed by atoms with Gasteiger partial charge < -0.3 is 14.8 Å². The second-order valence-electron chi connectivity index (χ2n) is 8.44. The van der Waals surface area contributed by atoms with Crippen LogP contribution in [0.4, 0.5) is 4.39 Å². The van der Waals surface area contributed by atoms with E-state index in [9.17, 15) is 17.6 Å². The van der Waals surface area contributed by atoms with Crippen molar-refractivity contribution >= 4 is 15.9 Å². The lowest BCUT2D eigenvalue weighted by Gasteiger charge is -2.17. The Bertz CT molecular complexity index is 1070. The van der Waals surface area contributed by atoms with Crippen molar-refractivity contribution in [1.82, 2.24) is 10.0 Å². The third kappa shape index (κ3) is 7.99. The first-order chi connectivity index (χ1) is 16.3. The van der Waals surface area contributed by atoms with Crippen molar-refractivity contribution in [2.75, 3.05) is 26.0 Å². The molecule has 1 aliphatic carbocycles. The first-order valence-electron chi connectivity index (χ1n) is 11.6. The van der Waals surface area contributed by atoms with Crippen molar-refractivity contribution < 1.29 is 27.1 Å². The highest BCUT2D eigenvalue weighted by atomic mass is 32.2. The standard InChI is InChI=1S/C25H33FN2O5S/c1-3-34(30,31)28-24(20-10-11-20)25(29)27-14-13-19-9-12-22(23(17-19)32-2)33-15-5-7-18-6-4-8-21(26)16-18/h4,6,8-9,12,16-17,20,24,28H,3,5,7,10-11,13-15H2,1-2H3,(H,27,29). The average Bonchev–Trinajstić information content (AvgIpc) is 3.66. The predicted octanol–water partition coefficient (Wildman–Crippen LogP) is 3.22. The number of hydrogen-bond acceptors (Lipinski definition) is 5. The normalized spacial score (nSPS) is 14.4. The van der Waals surface area contributed by atoms with Gasteiger partial charge in [-0.15, -0.1) is 0 Å². The van der Waals surface area contributed by atoms with Crippen LogP contribution >= 0.6 is 0 Å². The van der Waals surface area contributed by atoms with Crippen LogP contribution in [0.1, 0.15) is 37.3 Å². The average molecular weight is 493 g/mol. The Labute approximate surface area is 201 Å². The molecule has 9 heteroatoms. The molecule has 2 aromatic rings. The van der Waals surface area contributed by atoms with Crippen LogP contribution in [0, 0.1) is 11.7 Å². The number of sulfonamides is 1. The molecular weight excluding hydrogens is 459 g/mol. The highest BCUT2D eigenvalue weighted by Gasteiger charge is 2.38. The van der Waals surface area contributed by atoms with Crippen molar-refractivity contribution in [3.8, 4) is 11.5 Å². The molecule has 0 saturated heterocycles. The molecule has 3 rings (SSSR count). The summed E-state index contributed by atoms with van der Waals surface area (Å²) in [4.78, 5) is 12.6. The van der Waals surface area contributed by atoms with Gasteiger partial charge in [0.05, 0.1) is 19.5 Å². The van der Waals surface area contributed by atoms with Crippen molar-refractivity contribution in [3.05, 3.63) is 59.4 Å². The number of hydrogen-bond donors (Lipinski definition) is 2. The highest BCUT2D eigenvalue weighted by molar-refractivity contribution is 7.89. The van der Waals surface area contributed by atoms with E-state index in [0.29, 0.717) is 37.5 Å². The first kappa shape index (κ1) is 26.0. The lowest BCUT2D eigenvalue weighted by molar-refractivity contribution is -0.123. The van der Waals surface area contributed by atoms with Crippen molar-refractivity contribution in [1.29, 1.82) is 0 Å². The van der Waals surface area contributed by atoms with Crippen LogP contribution in [0.15, 0.2) is 42.5 Å². The molecule has 2 aromatic carbocycles. The summed E-state index contributed by atoms with van der Waals surface area (Å²) in [5.74, 6) is 0.710. The zero-order valence-corrected chi connectivity index (χ0v) is 20.5. The van der Waals surface area contributed by atoms with Crippen LogP contribution in [0.2, 0.25) is 0 Å². The van der Waals surface area contributed by atoms with E-state index >= 15 is 0 Å². The molecule has 1 amide bonds. The molecule has 7 nitrogen and oxygen atoms in total. The molecule has 0 aromatic heterocycles. The number of nitrogens with one attached hydrogen (secondary N) is 2. The van der Waals surface area contributed by atoms with Gasteiger partial charge in [0.1, 0.15) is 11.9 Å². The SMILES string of the molecule is CCS(=O)(=O)NC(C(=O)NCCc1ccc(OCCCc2cccc(F)c2)c(OC)c1)C1CC1. The molecule has 186 valence electrons. The molecule has 1 aliphatic rings. The number of carbonyl (C=O) groups excluding carboxylic acids is 1. The van der Waals surface area contributed by atoms with Crippen LogP contribution in [0.3, 0.4) is 0 Å². The van der Waals surface area contributed by atoms with Crippen molar-refractivity contribution in [2.24, 2.45) is 5.92 Å². The van der Waals surface area contributed by atoms with Gasteiger partial charge in [0.25, 0.3) is 0 Å². The minimum absolute atomic E-state index is 0.0531. The van der Waals surface area contributed by atoms with Gasteiger partial charge in [-0.05, 0) is 80.3 Å². The van der Waals surface area contributed by atoms with Crippen LogP contribution in [-0.4, -0.2) is 46.4 Å². The zero-order valence-electron chi connectivity index (χ0n) is 19.7. The maximum Gasteiger partial charge on any atom is 0.238 e. The molecule has 2 N–H and O–H groups in total. The van der Waals surface area contributed by atoms with E-state index < -0.39 is 16.1 Å². The third-order valence-corrected chi connectivity index (χ3v) is 7.13. The van der Waals surface area contributed by atoms with Gasteiger partial charge in [0.15, 0.2) is 11.5 Å². The third-order valence-electron chi connectivity index (χ3n) is 5.76. The topological polar surface area (TPSA) is 93.7 Å². The fourth-order valence-electron chi connectivity index (χ4n) is 3.65. The quantitative estimate of drug-likeness (QED) is 0.395. The Hall–Kier alpha value is -2.65. The number of methoxy groups -OCH3 is 1. The molecular formula is C25H33FN2O5S. The van der Waals surface area contributed by atoms with E-state index in [1.807, 2.05) is 24.3 Å². The largest absolute Gasteiger partial charge is 0.493 e. The molecule has 0 spiro atoms. The fraction of sp³-hybridized carbons (Fsp3) is 0.480. The van der Waals surface area contributed by atoms with Gasteiger partial charge in [-0.25, -0.2) is 17.5 Å². The molecule has 1 fully saturated rings. The summed E-state index contributed by atoms with van der Waals surface area (Å²) >= 11 is 0. The van der Waals surface area contributed by atoms with Crippen molar-refractivity contribution in [2.45, 2.75) is 45.1 Å². The van der Waals surface area contributed by atoms with E-state index in [1.54, 1.807) is 20.1 Å². The smallest absolute Gasteiger partial charge is 0.238 e. The lowest BCUT2D eigenvalue weighted by Crippen LogP contribution is -2.48. The van der Waals surface area contributed by atoms with Crippen LogP contribution in [-0.2, 0) is 27.7 Å². The molecule has 0 heterocycles. The van der Waals surface area contributed by atoms with Crippen molar-refractivity contribution in [3.63, 3.8) is 0 Å². The van der Waals surface area contributed by atoms with Gasteiger partial charge in [0, 0.05) is 6.54 Å². The van der Waals surface area contributed by atoms with Crippen LogP contribution < -0.4 is 19.5 Å². The summed E-state index contributed by atoms with van der Waals surface area (Å²) in [7, 11) is -1.88. The summed E-state index contributed by atoms with van der Waals surface area (Å²) in [6.45, 7) is 2.40. The number of carbonyl (C=O) groups is 1. The Balaban J connectivity index is 1.46. The summed E-state index contributed by atoms with van der Waals surface area (Å²) in [5, 5.41) is 2.85. The molecule has 1 saturated carbocycles. The van der Waals surface area contributed by atoms with E-state index in [1.165, 1.54) is 12.1 Å². The fourth-order valence-corrected chi connectivity index (χ4v) is 4.50. The number of benzene rings is 2. The monoisotopic (exact) mass is 492 g/mol. The van der Waals surface area contributed by atoms with Gasteiger partial charge in [-0.2, -0.15) is 0 Å². The Kier molecular flexibility index (Phi) is 9.29. The first-order valence-corrected chi connectivity index (χ1v) is 13.3. The van der Waals surface area contributed by atoms with E-state index in [0.717, 1.165) is 30.4 Å². The summed E-state index contributed by atoms with van der Waals surface area (Å²) in [6, 6.07) is 11.5. The Morgan fingerprint density at radius 3 is 2.56 bits per heavy atom. The molecule has 34 heavy (non-hydrogen) atoms. The van der Waals surface area contributed by atoms with Crippen LogP contribution in [0.25, 0.3) is 0 Å². The van der Waals surface area contributed by atoms with E-state index in [-0.39, 0.29) is 23.4 Å². The Morgan fingerprint density at radius 2 is 1.88 bits per heavy atom. The van der Waals surface area contributed by atoms with Gasteiger partial charge >= 0.3 is 0 Å². The highest BCUT2D eigenvalue weighted by Crippen LogP contribution is 2.33. The van der Waals surface area contributed by atoms with E-state index in [4.69, 9.17) is 9.47 Å². The minimum atomic E-state index is -3.45. The molecule has 0 aliphatic heterocycles.